The Balaban J connectivity index is 1.38. The highest BCUT2D eigenvalue weighted by atomic mass is 32.1. The van der Waals surface area contributed by atoms with Crippen LogP contribution in [0.15, 0.2) is 42.0 Å². The molecule has 0 fully saturated rings. The number of hydrogen-bond acceptors (Lipinski definition) is 7. The van der Waals surface area contributed by atoms with Crippen molar-refractivity contribution in [1.82, 2.24) is 24.1 Å². The van der Waals surface area contributed by atoms with Gasteiger partial charge in [-0.25, -0.2) is 9.78 Å². The van der Waals surface area contributed by atoms with Gasteiger partial charge in [0.1, 0.15) is 5.75 Å². The summed E-state index contributed by atoms with van der Waals surface area (Å²) in [7, 11) is 1.63. The minimum atomic E-state index is -0.462. The molecule has 1 amide bonds. The second kappa shape index (κ2) is 9.30. The smallest absolute Gasteiger partial charge is 0.359 e. The molecule has 0 bridgehead atoms. The number of esters is 1. The molecule has 9 nitrogen and oxygen atoms in total. The predicted molar refractivity (Wildman–Crippen MR) is 126 cm³/mol. The van der Waals surface area contributed by atoms with E-state index in [2.05, 4.69) is 10.1 Å². The number of aromatic nitrogens is 4. The molecular weight excluding hydrogens is 454 g/mol. The highest BCUT2D eigenvalue weighted by Gasteiger charge is 2.31. The molecule has 1 aromatic carbocycles. The fourth-order valence-electron chi connectivity index (χ4n) is 4.23. The van der Waals surface area contributed by atoms with Crippen LogP contribution in [-0.2, 0) is 35.5 Å². The van der Waals surface area contributed by atoms with E-state index in [1.807, 2.05) is 51.1 Å². The lowest BCUT2D eigenvalue weighted by atomic mass is 10.0. The average Bonchev–Trinajstić information content (AvgIpc) is 3.53. The normalized spacial score (nSPS) is 13.2. The molecule has 0 radical (unpaired) electrons. The first-order chi connectivity index (χ1) is 16.6. The maximum absolute atomic E-state index is 13.1. The van der Waals surface area contributed by atoms with Gasteiger partial charge in [0, 0.05) is 48.5 Å². The lowest BCUT2D eigenvalue weighted by Crippen LogP contribution is -2.37. The monoisotopic (exact) mass is 479 g/mol. The van der Waals surface area contributed by atoms with Crippen LogP contribution in [0.3, 0.4) is 0 Å². The number of nitrogens with zero attached hydrogens (tertiary/aromatic N) is 5. The van der Waals surface area contributed by atoms with Crippen molar-refractivity contribution in [2.75, 3.05) is 20.3 Å². The number of amides is 1. The van der Waals surface area contributed by atoms with Gasteiger partial charge in [-0.05, 0) is 24.6 Å². The number of hydrogen-bond donors (Lipinski definition) is 0. The summed E-state index contributed by atoms with van der Waals surface area (Å²) < 4.78 is 14.3. The molecule has 0 unspecified atom stereocenters. The first kappa shape index (κ1) is 22.1. The van der Waals surface area contributed by atoms with Gasteiger partial charge >= 0.3 is 5.97 Å². The zero-order chi connectivity index (χ0) is 23.7. The molecule has 0 aliphatic carbocycles. The lowest BCUT2D eigenvalue weighted by Gasteiger charge is -2.27. The highest BCUT2D eigenvalue weighted by Crippen LogP contribution is 2.25. The van der Waals surface area contributed by atoms with Gasteiger partial charge in [-0.3, -0.25) is 13.9 Å². The average molecular weight is 480 g/mol. The minimum Gasteiger partial charge on any atom is -0.497 e. The molecule has 176 valence electrons. The molecule has 5 rings (SSSR count). The Labute approximate surface area is 200 Å². The van der Waals surface area contributed by atoms with E-state index in [1.165, 1.54) is 11.3 Å². The number of benzene rings is 1. The van der Waals surface area contributed by atoms with E-state index in [1.54, 1.807) is 18.9 Å². The summed E-state index contributed by atoms with van der Waals surface area (Å²) in [5, 5.41) is 6.57. The zero-order valence-electron chi connectivity index (χ0n) is 19.1. The molecule has 34 heavy (non-hydrogen) atoms. The van der Waals surface area contributed by atoms with Gasteiger partial charge in [-0.2, -0.15) is 5.10 Å². The van der Waals surface area contributed by atoms with Gasteiger partial charge < -0.3 is 14.4 Å². The number of thiazole rings is 1. The number of rotatable bonds is 7. The van der Waals surface area contributed by atoms with E-state index in [9.17, 15) is 9.59 Å². The van der Waals surface area contributed by atoms with Gasteiger partial charge in [-0.1, -0.05) is 12.1 Å². The van der Waals surface area contributed by atoms with Crippen LogP contribution in [0.25, 0.3) is 4.96 Å². The van der Waals surface area contributed by atoms with Gasteiger partial charge in [0.05, 0.1) is 32.4 Å². The van der Waals surface area contributed by atoms with Crippen molar-refractivity contribution in [1.29, 1.82) is 0 Å². The summed E-state index contributed by atoms with van der Waals surface area (Å²) in [4.78, 5) is 32.9. The predicted octanol–water partition coefficient (Wildman–Crippen LogP) is 2.95. The van der Waals surface area contributed by atoms with Crippen LogP contribution in [0.1, 0.15) is 39.9 Å². The second-order valence-corrected chi connectivity index (χ2v) is 8.94. The van der Waals surface area contributed by atoms with Gasteiger partial charge in [0.25, 0.3) is 0 Å². The maximum Gasteiger partial charge on any atom is 0.359 e. The van der Waals surface area contributed by atoms with E-state index in [-0.39, 0.29) is 24.6 Å². The van der Waals surface area contributed by atoms with Crippen LogP contribution >= 0.6 is 11.3 Å². The summed E-state index contributed by atoms with van der Waals surface area (Å²) >= 11 is 1.53. The highest BCUT2D eigenvalue weighted by molar-refractivity contribution is 7.15. The molecule has 4 aromatic rings. The third kappa shape index (κ3) is 4.28. The van der Waals surface area contributed by atoms with Crippen LogP contribution < -0.4 is 4.74 Å². The van der Waals surface area contributed by atoms with Gasteiger partial charge in [0.2, 0.25) is 5.91 Å². The van der Waals surface area contributed by atoms with Crippen molar-refractivity contribution >= 4 is 28.2 Å². The van der Waals surface area contributed by atoms with Crippen molar-refractivity contribution in [3.05, 3.63) is 70.2 Å². The summed E-state index contributed by atoms with van der Waals surface area (Å²) in [6, 6.07) is 7.76. The third-order valence-corrected chi connectivity index (χ3v) is 6.69. The molecule has 1 aliphatic heterocycles. The summed E-state index contributed by atoms with van der Waals surface area (Å²) in [6.07, 6.45) is 4.65. The van der Waals surface area contributed by atoms with Crippen LogP contribution in [0, 0.1) is 0 Å². The Morgan fingerprint density at radius 1 is 1.21 bits per heavy atom. The number of carbonyl (C=O) groups excluding carboxylic acids is 2. The van der Waals surface area contributed by atoms with Gasteiger partial charge in [0.15, 0.2) is 10.7 Å². The van der Waals surface area contributed by atoms with Crippen molar-refractivity contribution in [2.24, 2.45) is 0 Å². The number of methoxy groups -OCH3 is 1. The van der Waals surface area contributed by atoms with Crippen LogP contribution in [0.4, 0.5) is 0 Å². The third-order valence-electron chi connectivity index (χ3n) is 5.92. The zero-order valence-corrected chi connectivity index (χ0v) is 19.9. The standard InChI is InChI=1S/C24H25N5O4S/c1-3-33-23(31)22-19-15-27(21(30)12-17-14-28-10-11-34-24(28)25-17)9-8-20(19)29(26-22)13-16-4-6-18(32-2)7-5-16/h4-7,10-11,14H,3,8-9,12-13,15H2,1-2H3. The van der Waals surface area contributed by atoms with E-state index in [0.717, 1.165) is 33.2 Å². The lowest BCUT2D eigenvalue weighted by molar-refractivity contribution is -0.131. The molecule has 0 saturated heterocycles. The molecular formula is C24H25N5O4S. The number of imidazole rings is 1. The van der Waals surface area contributed by atoms with E-state index >= 15 is 0 Å². The largest absolute Gasteiger partial charge is 0.497 e. The van der Waals surface area contributed by atoms with Crippen molar-refractivity contribution in [2.45, 2.75) is 32.9 Å². The Bertz CT molecular complexity index is 1310. The molecule has 3 aromatic heterocycles. The molecule has 0 saturated carbocycles. The Morgan fingerprint density at radius 2 is 2.03 bits per heavy atom. The fraction of sp³-hybridized carbons (Fsp3) is 0.333. The van der Waals surface area contributed by atoms with E-state index in [4.69, 9.17) is 9.47 Å². The van der Waals surface area contributed by atoms with Crippen molar-refractivity contribution in [3.8, 4) is 5.75 Å². The van der Waals surface area contributed by atoms with E-state index in [0.29, 0.717) is 26.1 Å². The SMILES string of the molecule is CCOC(=O)c1nn(Cc2ccc(OC)cc2)c2c1CN(C(=O)Cc1cn3ccsc3n1)CC2. The van der Waals surface area contributed by atoms with Crippen LogP contribution in [-0.4, -0.2) is 56.2 Å². The van der Waals surface area contributed by atoms with Crippen molar-refractivity contribution in [3.63, 3.8) is 0 Å². The second-order valence-electron chi connectivity index (χ2n) is 8.07. The number of ether oxygens (including phenoxy) is 2. The molecule has 1 aliphatic rings. The quantitative estimate of drug-likeness (QED) is 0.379. The summed E-state index contributed by atoms with van der Waals surface area (Å²) in [6.45, 7) is 3.44. The minimum absolute atomic E-state index is 0.0193. The first-order valence-corrected chi connectivity index (χ1v) is 12.0. The Hall–Kier alpha value is -3.66. The Kier molecular flexibility index (Phi) is 6.06. The maximum atomic E-state index is 13.1. The van der Waals surface area contributed by atoms with Gasteiger partial charge in [-0.15, -0.1) is 11.3 Å². The number of fused-ring (bicyclic) bond motifs is 2. The Morgan fingerprint density at radius 3 is 2.76 bits per heavy atom. The molecule has 0 N–H and O–H groups in total. The first-order valence-electron chi connectivity index (χ1n) is 11.1. The summed E-state index contributed by atoms with van der Waals surface area (Å²) in [5.41, 5.74) is 3.79. The van der Waals surface area contributed by atoms with Crippen LogP contribution in [0.5, 0.6) is 5.75 Å². The van der Waals surface area contributed by atoms with E-state index < -0.39 is 5.97 Å². The molecule has 0 spiro atoms. The van der Waals surface area contributed by atoms with Crippen molar-refractivity contribution < 1.29 is 19.1 Å². The molecule has 4 heterocycles. The summed E-state index contributed by atoms with van der Waals surface area (Å²) in [5.74, 6) is 0.301. The topological polar surface area (TPSA) is 91.0 Å². The van der Waals surface area contributed by atoms with Crippen LogP contribution in [0.2, 0.25) is 0 Å². The molecule has 10 heteroatoms. The fourth-order valence-corrected chi connectivity index (χ4v) is 4.95. The number of carbonyl (C=O) groups is 2. The molecule has 0 atom stereocenters.